The lowest BCUT2D eigenvalue weighted by Crippen LogP contribution is -2.50. The largest absolute Gasteiger partial charge is 0.299 e. The quantitative estimate of drug-likeness (QED) is 0.763. The normalized spacial score (nSPS) is 22.5. The molecule has 2 aromatic carbocycles. The van der Waals surface area contributed by atoms with Gasteiger partial charge < -0.3 is 0 Å². The minimum absolute atomic E-state index is 0.0943. The number of hydrogen-bond donors (Lipinski definition) is 0. The van der Waals surface area contributed by atoms with Crippen LogP contribution in [-0.2, 0) is 4.79 Å². The third kappa shape index (κ3) is 2.80. The zero-order valence-corrected chi connectivity index (χ0v) is 14.5. The second-order valence-electron chi connectivity index (χ2n) is 6.94. The van der Waals surface area contributed by atoms with Crippen molar-refractivity contribution >= 4 is 19.0 Å². The Hall–Kier alpha value is -1.67. The summed E-state index contributed by atoms with van der Waals surface area (Å²) in [4.78, 5) is 12.7. The highest BCUT2D eigenvalue weighted by atomic mass is 28.3. The van der Waals surface area contributed by atoms with Gasteiger partial charge in [-0.2, -0.15) is 0 Å². The maximum atomic E-state index is 12.7. The van der Waals surface area contributed by atoms with Gasteiger partial charge in [-0.05, 0) is 17.5 Å². The summed E-state index contributed by atoms with van der Waals surface area (Å²) < 4.78 is 0. The van der Waals surface area contributed by atoms with E-state index in [0.717, 1.165) is 12.8 Å². The van der Waals surface area contributed by atoms with E-state index in [1.807, 2.05) is 6.07 Å². The average Bonchev–Trinajstić information content (AvgIpc) is 2.56. The first-order chi connectivity index (χ1) is 10.6. The fraction of sp³-hybridized carbons (Fsp3) is 0.350. The van der Waals surface area contributed by atoms with Crippen LogP contribution >= 0.6 is 0 Å². The van der Waals surface area contributed by atoms with Crippen molar-refractivity contribution in [2.24, 2.45) is 0 Å². The van der Waals surface area contributed by atoms with Crippen molar-refractivity contribution in [2.45, 2.75) is 43.8 Å². The van der Waals surface area contributed by atoms with Crippen molar-refractivity contribution in [2.75, 3.05) is 0 Å². The van der Waals surface area contributed by atoms with Crippen molar-refractivity contribution in [3.8, 4) is 0 Å². The van der Waals surface area contributed by atoms with E-state index in [1.165, 1.54) is 17.2 Å². The molecule has 1 aliphatic rings. The van der Waals surface area contributed by atoms with Crippen LogP contribution < -0.4 is 5.19 Å². The van der Waals surface area contributed by atoms with Crippen LogP contribution in [0.1, 0.15) is 30.7 Å². The second-order valence-corrected chi connectivity index (χ2v) is 11.7. The van der Waals surface area contributed by atoms with Gasteiger partial charge >= 0.3 is 0 Å². The summed E-state index contributed by atoms with van der Waals surface area (Å²) in [7, 11) is -1.69. The Morgan fingerprint density at radius 1 is 0.909 bits per heavy atom. The number of carbonyl (C=O) groups is 1. The summed E-state index contributed by atoms with van der Waals surface area (Å²) >= 11 is 0. The Morgan fingerprint density at radius 3 is 2.14 bits per heavy atom. The number of hydrogen-bond acceptors (Lipinski definition) is 1. The van der Waals surface area contributed by atoms with E-state index in [-0.39, 0.29) is 5.92 Å². The average molecular weight is 308 g/mol. The van der Waals surface area contributed by atoms with Crippen molar-refractivity contribution in [3.05, 3.63) is 66.2 Å². The van der Waals surface area contributed by atoms with Gasteiger partial charge in [-0.1, -0.05) is 85.4 Å². The molecule has 0 saturated heterocycles. The lowest BCUT2D eigenvalue weighted by molar-refractivity contribution is -0.121. The molecule has 3 rings (SSSR count). The summed E-state index contributed by atoms with van der Waals surface area (Å²) in [6, 6.07) is 21.3. The van der Waals surface area contributed by atoms with Crippen molar-refractivity contribution in [1.29, 1.82) is 0 Å². The summed E-state index contributed by atoms with van der Waals surface area (Å²) in [5, 5.41) is 1.47. The number of ketones is 1. The Balaban J connectivity index is 2.01. The molecule has 0 aromatic heterocycles. The van der Waals surface area contributed by atoms with Gasteiger partial charge in [-0.25, -0.2) is 0 Å². The van der Waals surface area contributed by atoms with E-state index in [9.17, 15) is 4.79 Å². The summed E-state index contributed by atoms with van der Waals surface area (Å²) in [6.45, 7) is 4.86. The van der Waals surface area contributed by atoms with Gasteiger partial charge in [-0.3, -0.25) is 4.79 Å². The van der Waals surface area contributed by atoms with E-state index >= 15 is 0 Å². The molecule has 2 heteroatoms. The van der Waals surface area contributed by atoms with Gasteiger partial charge in [0.1, 0.15) is 5.78 Å². The number of benzene rings is 2. The van der Waals surface area contributed by atoms with Crippen LogP contribution in [0.3, 0.4) is 0 Å². The molecule has 0 radical (unpaired) electrons. The minimum atomic E-state index is -1.69. The fourth-order valence-corrected chi connectivity index (χ4v) is 7.60. The molecule has 0 N–H and O–H groups in total. The molecule has 0 heterocycles. The molecule has 1 aliphatic carbocycles. The molecule has 0 bridgehead atoms. The highest BCUT2D eigenvalue weighted by Crippen LogP contribution is 2.45. The zero-order chi connectivity index (χ0) is 15.6. The Kier molecular flexibility index (Phi) is 4.30. The van der Waals surface area contributed by atoms with Crippen LogP contribution in [0.5, 0.6) is 0 Å². The lowest BCUT2D eigenvalue weighted by atomic mass is 9.82. The Labute approximate surface area is 134 Å². The van der Waals surface area contributed by atoms with Gasteiger partial charge in [0.25, 0.3) is 0 Å². The maximum Gasteiger partial charge on any atom is 0.140 e. The molecule has 114 valence electrons. The minimum Gasteiger partial charge on any atom is -0.299 e. The second kappa shape index (κ2) is 6.21. The van der Waals surface area contributed by atoms with Gasteiger partial charge in [0.05, 0.1) is 8.07 Å². The molecule has 0 amide bonds. The molecule has 1 saturated carbocycles. The van der Waals surface area contributed by atoms with Crippen LogP contribution in [0, 0.1) is 0 Å². The van der Waals surface area contributed by atoms with E-state index in [4.69, 9.17) is 0 Å². The predicted molar refractivity (Wildman–Crippen MR) is 95.3 cm³/mol. The Bertz CT molecular complexity index is 633. The molecular weight excluding hydrogens is 284 g/mol. The first-order valence-electron chi connectivity index (χ1n) is 8.24. The van der Waals surface area contributed by atoms with Crippen LogP contribution in [0.15, 0.2) is 60.7 Å². The molecule has 0 spiro atoms. The van der Waals surface area contributed by atoms with E-state index < -0.39 is 8.07 Å². The lowest BCUT2D eigenvalue weighted by Gasteiger charge is -2.41. The fourth-order valence-electron chi connectivity index (χ4n) is 3.98. The Morgan fingerprint density at radius 2 is 1.50 bits per heavy atom. The van der Waals surface area contributed by atoms with E-state index in [2.05, 4.69) is 67.7 Å². The van der Waals surface area contributed by atoms with Gasteiger partial charge in [0.2, 0.25) is 0 Å². The molecule has 2 aromatic rings. The third-order valence-electron chi connectivity index (χ3n) is 5.29. The van der Waals surface area contributed by atoms with E-state index in [1.54, 1.807) is 0 Å². The zero-order valence-electron chi connectivity index (χ0n) is 13.5. The standard InChI is InChI=1S/C20H24OSi/c1-22(2,17-12-7-4-8-13-17)19-15-9-14-18(21)20(19)16-10-5-3-6-11-16/h3-8,10-13,19-20H,9,14-15H2,1-2H3/t19-,20-/m0/s1. The number of Topliss-reactive ketones (excluding diaryl/α,β-unsaturated/α-hetero) is 1. The highest BCUT2D eigenvalue weighted by molar-refractivity contribution is 6.91. The summed E-state index contributed by atoms with van der Waals surface area (Å²) in [5.74, 6) is 0.538. The highest BCUT2D eigenvalue weighted by Gasteiger charge is 2.43. The first-order valence-corrected chi connectivity index (χ1v) is 11.3. The smallest absolute Gasteiger partial charge is 0.140 e. The van der Waals surface area contributed by atoms with Gasteiger partial charge in [-0.15, -0.1) is 0 Å². The van der Waals surface area contributed by atoms with Crippen molar-refractivity contribution in [1.82, 2.24) is 0 Å². The van der Waals surface area contributed by atoms with Gasteiger partial charge in [0.15, 0.2) is 0 Å². The molecule has 22 heavy (non-hydrogen) atoms. The van der Waals surface area contributed by atoms with Crippen LogP contribution in [-0.4, -0.2) is 13.9 Å². The third-order valence-corrected chi connectivity index (χ3v) is 9.59. The number of carbonyl (C=O) groups excluding carboxylic acids is 1. The van der Waals surface area contributed by atoms with Crippen LogP contribution in [0.4, 0.5) is 0 Å². The maximum absolute atomic E-state index is 12.7. The molecule has 0 unspecified atom stereocenters. The monoisotopic (exact) mass is 308 g/mol. The van der Waals surface area contributed by atoms with Crippen LogP contribution in [0.2, 0.25) is 18.6 Å². The number of rotatable bonds is 3. The molecule has 0 aliphatic heterocycles. The first kappa shape index (κ1) is 15.2. The molecule has 2 atom stereocenters. The molecule has 1 nitrogen and oxygen atoms in total. The summed E-state index contributed by atoms with van der Waals surface area (Å²) in [6.07, 6.45) is 2.98. The predicted octanol–water partition coefficient (Wildman–Crippen LogP) is 4.51. The summed E-state index contributed by atoms with van der Waals surface area (Å²) in [5.41, 5.74) is 1.72. The van der Waals surface area contributed by atoms with E-state index in [0.29, 0.717) is 11.3 Å². The topological polar surface area (TPSA) is 17.1 Å². The van der Waals surface area contributed by atoms with Crippen molar-refractivity contribution < 1.29 is 4.79 Å². The molecular formula is C20H24OSi. The van der Waals surface area contributed by atoms with Gasteiger partial charge in [0, 0.05) is 12.3 Å². The SMILES string of the molecule is C[Si](C)(c1ccccc1)[C@H]1CCCC(=O)[C@@H]1c1ccccc1. The molecule has 1 fully saturated rings. The van der Waals surface area contributed by atoms with Crippen LogP contribution in [0.25, 0.3) is 0 Å². The van der Waals surface area contributed by atoms with Crippen molar-refractivity contribution in [3.63, 3.8) is 0 Å².